The molecule has 0 atom stereocenters. The Balaban J connectivity index is 1.55. The van der Waals surface area contributed by atoms with E-state index in [9.17, 15) is 13.2 Å². The summed E-state index contributed by atoms with van der Waals surface area (Å²) in [5, 5.41) is 3.89. The topological polar surface area (TPSA) is 116 Å². The van der Waals surface area contributed by atoms with E-state index in [2.05, 4.69) is 27.4 Å². The van der Waals surface area contributed by atoms with Crippen LogP contribution in [0.2, 0.25) is 0 Å². The second kappa shape index (κ2) is 13.3. The lowest BCUT2D eigenvalue weighted by molar-refractivity contribution is 0.0973. The molecule has 2 heterocycles. The first-order valence-electron chi connectivity index (χ1n) is 15.1. The molecule has 43 heavy (non-hydrogen) atoms. The minimum absolute atomic E-state index is 0.149. The Bertz CT molecular complexity index is 1720. The maximum absolute atomic E-state index is 13.6. The van der Waals surface area contributed by atoms with Crippen LogP contribution in [0.5, 0.6) is 0 Å². The number of sulfonamides is 1. The van der Waals surface area contributed by atoms with Gasteiger partial charge in [-0.2, -0.15) is 0 Å². The lowest BCUT2D eigenvalue weighted by Gasteiger charge is -2.17. The van der Waals surface area contributed by atoms with Gasteiger partial charge < -0.3 is 13.8 Å². The lowest BCUT2D eigenvalue weighted by Crippen LogP contribution is -2.15. The number of ether oxygens (including phenoxy) is 1. The molecule has 1 aliphatic rings. The Hall–Kier alpha value is -3.76. The van der Waals surface area contributed by atoms with Gasteiger partial charge in [-0.25, -0.2) is 13.4 Å². The van der Waals surface area contributed by atoms with Crippen molar-refractivity contribution in [3.8, 4) is 11.1 Å². The van der Waals surface area contributed by atoms with Crippen LogP contribution in [0.1, 0.15) is 84.0 Å². The number of carbonyl (C=O) groups is 1. The van der Waals surface area contributed by atoms with Gasteiger partial charge in [-0.15, -0.1) is 0 Å². The van der Waals surface area contributed by atoms with Crippen molar-refractivity contribution < 1.29 is 22.5 Å². The number of aromatic nitrogens is 3. The molecule has 4 aromatic rings. The van der Waals surface area contributed by atoms with Gasteiger partial charge in [0.2, 0.25) is 0 Å². The van der Waals surface area contributed by atoms with Crippen LogP contribution in [-0.4, -0.2) is 42.1 Å². The first-order valence-corrected chi connectivity index (χ1v) is 16.6. The molecule has 0 saturated heterocycles. The number of fused-ring (bicyclic) bond motifs is 1. The van der Waals surface area contributed by atoms with Gasteiger partial charge in [-0.05, 0) is 75.6 Å². The highest BCUT2D eigenvalue weighted by atomic mass is 32.2. The highest BCUT2D eigenvalue weighted by Gasteiger charge is 2.26. The third kappa shape index (κ3) is 6.60. The van der Waals surface area contributed by atoms with Gasteiger partial charge in [0.25, 0.3) is 10.0 Å². The fourth-order valence-electron chi connectivity index (χ4n) is 5.66. The predicted octanol–water partition coefficient (Wildman–Crippen LogP) is 6.44. The van der Waals surface area contributed by atoms with Crippen LogP contribution >= 0.6 is 0 Å². The lowest BCUT2D eigenvalue weighted by atomic mass is 9.95. The first-order chi connectivity index (χ1) is 20.7. The van der Waals surface area contributed by atoms with E-state index in [-0.39, 0.29) is 16.5 Å². The molecule has 0 spiro atoms. The average molecular weight is 605 g/mol. The number of ketones is 1. The molecule has 0 amide bonds. The highest BCUT2D eigenvalue weighted by molar-refractivity contribution is 7.92. The number of carbonyl (C=O) groups excluding carboxylic acids is 1. The predicted molar refractivity (Wildman–Crippen MR) is 166 cm³/mol. The van der Waals surface area contributed by atoms with Crippen molar-refractivity contribution in [2.24, 2.45) is 0 Å². The van der Waals surface area contributed by atoms with Crippen LogP contribution in [0.15, 0.2) is 51.9 Å². The summed E-state index contributed by atoms with van der Waals surface area (Å²) in [4.78, 5) is 18.2. The van der Waals surface area contributed by atoms with E-state index in [1.165, 1.54) is 0 Å². The number of rotatable bonds is 12. The smallest absolute Gasteiger partial charge is 0.263 e. The largest absolute Gasteiger partial charge is 0.381 e. The summed E-state index contributed by atoms with van der Waals surface area (Å²) in [5.74, 6) is 1.85. The first kappa shape index (κ1) is 30.7. The van der Waals surface area contributed by atoms with E-state index in [0.29, 0.717) is 49.5 Å². The number of nitrogens with one attached hydrogen (secondary N) is 1. The zero-order valence-corrected chi connectivity index (χ0v) is 26.2. The molecule has 1 N–H and O–H groups in total. The average Bonchev–Trinajstić information content (AvgIpc) is 3.41. The number of hydrogen-bond donors (Lipinski definition) is 1. The van der Waals surface area contributed by atoms with Gasteiger partial charge in [0, 0.05) is 37.1 Å². The van der Waals surface area contributed by atoms with Crippen LogP contribution in [0.4, 0.5) is 5.82 Å². The summed E-state index contributed by atoms with van der Waals surface area (Å²) >= 11 is 0. The van der Waals surface area contributed by atoms with Crippen molar-refractivity contribution in [1.82, 2.24) is 14.7 Å². The van der Waals surface area contributed by atoms with Crippen LogP contribution < -0.4 is 4.72 Å². The fourth-order valence-corrected chi connectivity index (χ4v) is 6.94. The Morgan fingerprint density at radius 2 is 1.81 bits per heavy atom. The van der Waals surface area contributed by atoms with Gasteiger partial charge in [-0.1, -0.05) is 48.5 Å². The quantitative estimate of drug-likeness (QED) is 0.146. The van der Waals surface area contributed by atoms with Crippen LogP contribution in [-0.2, 0) is 40.6 Å². The molecule has 5 rings (SSSR count). The Morgan fingerprint density at radius 1 is 1.02 bits per heavy atom. The Kier molecular flexibility index (Phi) is 9.46. The molecule has 228 valence electrons. The molecule has 2 aromatic carbocycles. The number of aryl methyl sites for hydroxylation is 3. The third-order valence-electron chi connectivity index (χ3n) is 8.01. The molecular weight excluding hydrogens is 564 g/mol. The van der Waals surface area contributed by atoms with Crippen LogP contribution in [0, 0.1) is 13.8 Å². The molecule has 0 radical (unpaired) electrons. The summed E-state index contributed by atoms with van der Waals surface area (Å²) < 4.78 is 42.9. The fraction of sp³-hybridized carbons (Fsp3) is 0.424. The van der Waals surface area contributed by atoms with Crippen molar-refractivity contribution in [3.05, 3.63) is 82.1 Å². The molecule has 0 saturated carbocycles. The number of hydrogen-bond acceptors (Lipinski definition) is 7. The molecule has 10 heteroatoms. The maximum Gasteiger partial charge on any atom is 0.263 e. The Morgan fingerprint density at radius 3 is 2.56 bits per heavy atom. The summed E-state index contributed by atoms with van der Waals surface area (Å²) in [6.45, 7) is 9.19. The van der Waals surface area contributed by atoms with Gasteiger partial charge in [0.1, 0.15) is 17.3 Å². The standard InChI is InChI=1S/C33H40N4O5S/c1-5-11-31-34-28-13-8-9-14-29(38)32(28)37(31)21-24-16-17-26(25(20-24)18-19-41-6-2)27-12-7-10-15-30(27)43(39,40)36-33-22(3)23(4)42-35-33/h7,10,12,15-17,20H,5-6,8-9,11,13-14,18-19,21H2,1-4H3,(H,35,36). The highest BCUT2D eigenvalue weighted by Crippen LogP contribution is 2.33. The van der Waals surface area contributed by atoms with Crippen LogP contribution in [0.25, 0.3) is 11.1 Å². The number of nitrogens with zero attached hydrogens (tertiary/aromatic N) is 3. The zero-order chi connectivity index (χ0) is 30.6. The third-order valence-corrected chi connectivity index (χ3v) is 9.41. The van der Waals surface area contributed by atoms with Crippen molar-refractivity contribution in [1.29, 1.82) is 0 Å². The van der Waals surface area contributed by atoms with E-state index in [1.54, 1.807) is 26.0 Å². The van der Waals surface area contributed by atoms with Crippen molar-refractivity contribution in [2.45, 2.75) is 84.1 Å². The monoisotopic (exact) mass is 604 g/mol. The molecule has 0 unspecified atom stereocenters. The van der Waals surface area contributed by atoms with E-state index < -0.39 is 10.0 Å². The molecule has 0 fully saturated rings. The summed E-state index contributed by atoms with van der Waals surface area (Å²) in [6.07, 6.45) is 5.59. The number of imidazole rings is 1. The van der Waals surface area contributed by atoms with E-state index in [0.717, 1.165) is 66.0 Å². The van der Waals surface area contributed by atoms with Crippen molar-refractivity contribution in [3.63, 3.8) is 0 Å². The number of anilines is 1. The maximum atomic E-state index is 13.6. The summed E-state index contributed by atoms with van der Waals surface area (Å²) in [7, 11) is -3.98. The van der Waals surface area contributed by atoms with Gasteiger partial charge in [-0.3, -0.25) is 9.52 Å². The molecule has 9 nitrogen and oxygen atoms in total. The van der Waals surface area contributed by atoms with E-state index in [1.807, 2.05) is 31.2 Å². The Labute approximate surface area is 253 Å². The molecule has 1 aliphatic carbocycles. The second-order valence-corrected chi connectivity index (χ2v) is 12.7. The molecule has 2 aromatic heterocycles. The van der Waals surface area contributed by atoms with Gasteiger partial charge in [0.15, 0.2) is 11.6 Å². The van der Waals surface area contributed by atoms with Crippen LogP contribution in [0.3, 0.4) is 0 Å². The SMILES string of the molecule is CCCc1nc2c(n1Cc1ccc(-c3ccccc3S(=O)(=O)Nc3noc(C)c3C)c(CCOCC)c1)C(=O)CCCC2. The zero-order valence-electron chi connectivity index (χ0n) is 25.4. The minimum Gasteiger partial charge on any atom is -0.381 e. The molecule has 0 bridgehead atoms. The summed E-state index contributed by atoms with van der Waals surface area (Å²) in [5.41, 5.74) is 5.70. The molecule has 0 aliphatic heterocycles. The van der Waals surface area contributed by atoms with Gasteiger partial charge in [0.05, 0.1) is 17.2 Å². The minimum atomic E-state index is -3.98. The van der Waals surface area contributed by atoms with Crippen molar-refractivity contribution >= 4 is 21.6 Å². The number of benzene rings is 2. The second-order valence-electron chi connectivity index (χ2n) is 11.0. The number of Topliss-reactive ketones (excluding diaryl/α,β-unsaturated/α-hetero) is 1. The van der Waals surface area contributed by atoms with E-state index >= 15 is 0 Å². The van der Waals surface area contributed by atoms with Gasteiger partial charge >= 0.3 is 0 Å². The molecular formula is C33H40N4O5S. The normalized spacial score (nSPS) is 13.6. The summed E-state index contributed by atoms with van der Waals surface area (Å²) in [6, 6.07) is 13.1. The van der Waals surface area contributed by atoms with E-state index in [4.69, 9.17) is 14.2 Å². The van der Waals surface area contributed by atoms with Crippen molar-refractivity contribution in [2.75, 3.05) is 17.9 Å².